The summed E-state index contributed by atoms with van der Waals surface area (Å²) < 4.78 is 0.999. The Bertz CT molecular complexity index is 647. The Morgan fingerprint density at radius 2 is 1.95 bits per heavy atom. The number of nitro groups is 1. The normalized spacial score (nSPS) is 12.0. The van der Waals surface area contributed by atoms with Gasteiger partial charge in [-0.05, 0) is 36.2 Å². The van der Waals surface area contributed by atoms with Gasteiger partial charge in [0.05, 0.1) is 11.0 Å². The van der Waals surface area contributed by atoms with Gasteiger partial charge in [-0.1, -0.05) is 46.6 Å². The summed E-state index contributed by atoms with van der Waals surface area (Å²) in [5.41, 5.74) is 1.53. The van der Waals surface area contributed by atoms with E-state index in [-0.39, 0.29) is 11.7 Å². The van der Waals surface area contributed by atoms with Gasteiger partial charge in [-0.15, -0.1) is 0 Å². The molecule has 0 amide bonds. The van der Waals surface area contributed by atoms with Crippen LogP contribution in [0.1, 0.15) is 24.9 Å². The molecule has 0 heterocycles. The van der Waals surface area contributed by atoms with E-state index in [4.69, 9.17) is 11.6 Å². The molecule has 2 rings (SSSR count). The van der Waals surface area contributed by atoms with E-state index in [0.29, 0.717) is 10.7 Å². The topological polar surface area (TPSA) is 55.2 Å². The second kappa shape index (κ2) is 6.91. The van der Waals surface area contributed by atoms with Gasteiger partial charge < -0.3 is 5.32 Å². The molecule has 0 saturated heterocycles. The molecule has 4 nitrogen and oxygen atoms in total. The molecule has 1 atom stereocenters. The largest absolute Gasteiger partial charge is 0.373 e. The molecule has 0 fully saturated rings. The molecule has 6 heteroatoms. The summed E-state index contributed by atoms with van der Waals surface area (Å²) in [7, 11) is 0. The summed E-state index contributed by atoms with van der Waals surface area (Å²) >= 11 is 9.23. The summed E-state index contributed by atoms with van der Waals surface area (Å²) in [6.07, 6.45) is 0.807. The van der Waals surface area contributed by atoms with Crippen molar-refractivity contribution in [2.75, 3.05) is 5.32 Å². The van der Waals surface area contributed by atoms with Crippen molar-refractivity contribution in [3.63, 3.8) is 0 Å². The minimum atomic E-state index is -0.428. The van der Waals surface area contributed by atoms with Crippen LogP contribution >= 0.6 is 27.5 Å². The predicted molar refractivity (Wildman–Crippen MR) is 88.9 cm³/mol. The lowest BCUT2D eigenvalue weighted by atomic mass is 10.0. The van der Waals surface area contributed by atoms with Crippen molar-refractivity contribution in [2.24, 2.45) is 0 Å². The number of nitrogens with one attached hydrogen (secondary N) is 1. The highest BCUT2D eigenvalue weighted by atomic mass is 79.9. The van der Waals surface area contributed by atoms with E-state index in [0.717, 1.165) is 16.5 Å². The Morgan fingerprint density at radius 3 is 2.52 bits per heavy atom. The number of hydrogen-bond acceptors (Lipinski definition) is 3. The van der Waals surface area contributed by atoms with Crippen molar-refractivity contribution in [3.05, 3.63) is 67.6 Å². The SMILES string of the molecule is CCC(Nc1ccc(Cl)cc1[N+](=O)[O-])c1ccc(Br)cc1. The minimum absolute atomic E-state index is 0.00187. The molecule has 1 N–H and O–H groups in total. The average molecular weight is 370 g/mol. The van der Waals surface area contributed by atoms with Crippen LogP contribution in [0.25, 0.3) is 0 Å². The summed E-state index contributed by atoms with van der Waals surface area (Å²) in [4.78, 5) is 10.7. The van der Waals surface area contributed by atoms with Crippen LogP contribution in [0.4, 0.5) is 11.4 Å². The fourth-order valence-corrected chi connectivity index (χ4v) is 2.51. The van der Waals surface area contributed by atoms with Gasteiger partial charge >= 0.3 is 0 Å². The Morgan fingerprint density at radius 1 is 1.29 bits per heavy atom. The molecule has 0 bridgehead atoms. The molecule has 21 heavy (non-hydrogen) atoms. The van der Waals surface area contributed by atoms with Gasteiger partial charge in [-0.25, -0.2) is 0 Å². The molecule has 0 aliphatic carbocycles. The second-order valence-corrected chi connectivity index (χ2v) is 5.93. The Kier molecular flexibility index (Phi) is 5.20. The van der Waals surface area contributed by atoms with Crippen LogP contribution in [0.2, 0.25) is 5.02 Å². The molecule has 110 valence electrons. The number of nitrogens with zero attached hydrogens (tertiary/aromatic N) is 1. The van der Waals surface area contributed by atoms with Crippen LogP contribution in [0.3, 0.4) is 0 Å². The molecule has 0 aliphatic heterocycles. The molecule has 0 saturated carbocycles. The highest BCUT2D eigenvalue weighted by Crippen LogP contribution is 2.32. The third kappa shape index (κ3) is 3.95. The Balaban J connectivity index is 2.30. The third-order valence-corrected chi connectivity index (χ3v) is 3.93. The first-order valence-corrected chi connectivity index (χ1v) is 7.64. The van der Waals surface area contributed by atoms with E-state index in [1.807, 2.05) is 31.2 Å². The summed E-state index contributed by atoms with van der Waals surface area (Å²) in [5, 5.41) is 14.7. The maximum Gasteiger partial charge on any atom is 0.293 e. The van der Waals surface area contributed by atoms with Crippen LogP contribution in [-0.2, 0) is 0 Å². The maximum absolute atomic E-state index is 11.1. The first kappa shape index (κ1) is 15.8. The lowest BCUT2D eigenvalue weighted by Gasteiger charge is -2.19. The van der Waals surface area contributed by atoms with Gasteiger partial charge in [-0.3, -0.25) is 10.1 Å². The smallest absolute Gasteiger partial charge is 0.293 e. The van der Waals surface area contributed by atoms with Crippen LogP contribution in [-0.4, -0.2) is 4.92 Å². The van der Waals surface area contributed by atoms with Crippen LogP contribution < -0.4 is 5.32 Å². The number of halogens is 2. The standard InChI is InChI=1S/C15H14BrClN2O2/c1-2-13(10-3-5-11(16)6-4-10)18-14-8-7-12(17)9-15(14)19(20)21/h3-9,13,18H,2H2,1H3. The van der Waals surface area contributed by atoms with E-state index in [1.54, 1.807) is 12.1 Å². The van der Waals surface area contributed by atoms with Gasteiger partial charge in [0.2, 0.25) is 0 Å². The Hall–Kier alpha value is -1.59. The Labute approximate surface area is 136 Å². The zero-order chi connectivity index (χ0) is 15.4. The fourth-order valence-electron chi connectivity index (χ4n) is 2.08. The van der Waals surface area contributed by atoms with E-state index in [1.165, 1.54) is 6.07 Å². The van der Waals surface area contributed by atoms with Gasteiger partial charge in [0.25, 0.3) is 5.69 Å². The van der Waals surface area contributed by atoms with Crippen molar-refractivity contribution in [3.8, 4) is 0 Å². The van der Waals surface area contributed by atoms with E-state index < -0.39 is 4.92 Å². The third-order valence-electron chi connectivity index (χ3n) is 3.17. The minimum Gasteiger partial charge on any atom is -0.373 e. The van der Waals surface area contributed by atoms with E-state index >= 15 is 0 Å². The molecule has 0 aromatic heterocycles. The van der Waals surface area contributed by atoms with Gasteiger partial charge in [-0.2, -0.15) is 0 Å². The van der Waals surface area contributed by atoms with Gasteiger partial charge in [0, 0.05) is 15.6 Å². The van der Waals surface area contributed by atoms with Crippen molar-refractivity contribution < 1.29 is 4.92 Å². The molecular formula is C15H14BrClN2O2. The van der Waals surface area contributed by atoms with Crippen LogP contribution in [0.15, 0.2) is 46.9 Å². The van der Waals surface area contributed by atoms with Gasteiger partial charge in [0.1, 0.15) is 5.69 Å². The number of rotatable bonds is 5. The van der Waals surface area contributed by atoms with E-state index in [9.17, 15) is 10.1 Å². The van der Waals surface area contributed by atoms with Crippen molar-refractivity contribution in [1.82, 2.24) is 0 Å². The molecule has 2 aromatic rings. The summed E-state index contributed by atoms with van der Waals surface area (Å²) in [6.45, 7) is 2.03. The highest BCUT2D eigenvalue weighted by molar-refractivity contribution is 9.10. The number of hydrogen-bond donors (Lipinski definition) is 1. The van der Waals surface area contributed by atoms with Crippen LogP contribution in [0, 0.1) is 10.1 Å². The quantitative estimate of drug-likeness (QED) is 0.553. The molecular weight excluding hydrogens is 356 g/mol. The number of anilines is 1. The monoisotopic (exact) mass is 368 g/mol. The summed E-state index contributed by atoms with van der Waals surface area (Å²) in [5.74, 6) is 0. The lowest BCUT2D eigenvalue weighted by molar-refractivity contribution is -0.384. The molecule has 0 spiro atoms. The molecule has 0 aliphatic rings. The fraction of sp³-hybridized carbons (Fsp3) is 0.200. The predicted octanol–water partition coefficient (Wildman–Crippen LogP) is 5.57. The first-order chi connectivity index (χ1) is 10.0. The lowest BCUT2D eigenvalue weighted by Crippen LogP contribution is -2.11. The van der Waals surface area contributed by atoms with E-state index in [2.05, 4.69) is 21.2 Å². The second-order valence-electron chi connectivity index (χ2n) is 4.58. The molecule has 2 aromatic carbocycles. The molecule has 0 radical (unpaired) electrons. The van der Waals surface area contributed by atoms with Crippen molar-refractivity contribution >= 4 is 38.9 Å². The van der Waals surface area contributed by atoms with Crippen molar-refractivity contribution in [2.45, 2.75) is 19.4 Å². The zero-order valence-electron chi connectivity index (χ0n) is 11.3. The summed E-state index contributed by atoms with van der Waals surface area (Å²) in [6, 6.07) is 12.5. The van der Waals surface area contributed by atoms with Gasteiger partial charge in [0.15, 0.2) is 0 Å². The zero-order valence-corrected chi connectivity index (χ0v) is 13.7. The maximum atomic E-state index is 11.1. The van der Waals surface area contributed by atoms with Crippen LogP contribution in [0.5, 0.6) is 0 Å². The number of benzene rings is 2. The first-order valence-electron chi connectivity index (χ1n) is 6.47. The number of nitro benzene ring substituents is 1. The molecule has 1 unspecified atom stereocenters. The van der Waals surface area contributed by atoms with Crippen molar-refractivity contribution in [1.29, 1.82) is 0 Å². The highest BCUT2D eigenvalue weighted by Gasteiger charge is 2.18. The average Bonchev–Trinajstić information content (AvgIpc) is 2.47.